The Hall–Kier alpha value is -3.60. The minimum Gasteiger partial charge on any atom is -0.457 e. The minimum absolute atomic E-state index is 0.149. The average molecular weight is 400 g/mol. The molecule has 2 amide bonds. The fraction of sp³-hybridized carbons (Fsp3) is 0.200. The first-order chi connectivity index (χ1) is 14.7. The maximum absolute atomic E-state index is 12.8. The molecule has 4 rings (SSSR count). The van der Waals surface area contributed by atoms with Crippen molar-refractivity contribution in [2.24, 2.45) is 5.92 Å². The van der Waals surface area contributed by atoms with Gasteiger partial charge < -0.3 is 15.0 Å². The quantitative estimate of drug-likeness (QED) is 0.605. The maximum Gasteiger partial charge on any atom is 0.239 e. The summed E-state index contributed by atoms with van der Waals surface area (Å²) in [5.41, 5.74) is 1.94. The van der Waals surface area contributed by atoms with Gasteiger partial charge in [0.2, 0.25) is 11.8 Å². The summed E-state index contributed by atoms with van der Waals surface area (Å²) >= 11 is 0. The van der Waals surface area contributed by atoms with Gasteiger partial charge in [0, 0.05) is 18.8 Å². The van der Waals surface area contributed by atoms with Crippen LogP contribution in [0.2, 0.25) is 0 Å². The van der Waals surface area contributed by atoms with Gasteiger partial charge >= 0.3 is 0 Å². The number of rotatable bonds is 7. The second-order valence-corrected chi connectivity index (χ2v) is 7.27. The lowest BCUT2D eigenvalue weighted by Crippen LogP contribution is -2.37. The number of amides is 2. The van der Waals surface area contributed by atoms with Gasteiger partial charge in [0.15, 0.2) is 0 Å². The summed E-state index contributed by atoms with van der Waals surface area (Å²) in [7, 11) is 0. The van der Waals surface area contributed by atoms with Crippen molar-refractivity contribution in [1.29, 1.82) is 0 Å². The molecule has 1 saturated heterocycles. The van der Waals surface area contributed by atoms with Crippen molar-refractivity contribution < 1.29 is 14.3 Å². The van der Waals surface area contributed by atoms with Crippen molar-refractivity contribution in [3.63, 3.8) is 0 Å². The molecule has 5 nitrogen and oxygen atoms in total. The van der Waals surface area contributed by atoms with Gasteiger partial charge in [-0.05, 0) is 54.8 Å². The van der Waals surface area contributed by atoms with E-state index in [4.69, 9.17) is 4.74 Å². The Bertz CT molecular complexity index is 988. The summed E-state index contributed by atoms with van der Waals surface area (Å²) in [5.74, 6) is 0.494. The Balaban J connectivity index is 1.31. The summed E-state index contributed by atoms with van der Waals surface area (Å²) in [6.07, 6.45) is 1.28. The topological polar surface area (TPSA) is 58.6 Å². The highest BCUT2D eigenvalue weighted by atomic mass is 16.5. The predicted octanol–water partition coefficient (Wildman–Crippen LogP) is 4.19. The van der Waals surface area contributed by atoms with E-state index in [2.05, 4.69) is 5.32 Å². The molecule has 3 aromatic rings. The van der Waals surface area contributed by atoms with Gasteiger partial charge in [0.25, 0.3) is 0 Å². The van der Waals surface area contributed by atoms with Crippen molar-refractivity contribution in [3.8, 4) is 11.5 Å². The highest BCUT2D eigenvalue weighted by Crippen LogP contribution is 2.28. The van der Waals surface area contributed by atoms with E-state index in [0.717, 1.165) is 23.4 Å². The van der Waals surface area contributed by atoms with Gasteiger partial charge in [-0.3, -0.25) is 9.59 Å². The third-order valence-corrected chi connectivity index (χ3v) is 5.21. The highest BCUT2D eigenvalue weighted by Gasteiger charge is 2.37. The zero-order valence-corrected chi connectivity index (χ0v) is 16.7. The molecule has 1 N–H and O–H groups in total. The standard InChI is InChI=1S/C25H24N2O3/c28-24(26-17-15-19-7-3-1-4-8-19)23-16-18-27(25(23)29)20-11-13-22(14-12-20)30-21-9-5-2-6-10-21/h1-14,23H,15-18H2,(H,26,28). The highest BCUT2D eigenvalue weighted by molar-refractivity contribution is 6.09. The molecule has 0 aliphatic carbocycles. The van der Waals surface area contributed by atoms with Crippen LogP contribution in [0.1, 0.15) is 12.0 Å². The van der Waals surface area contributed by atoms with E-state index in [1.807, 2.05) is 84.9 Å². The molecule has 1 atom stereocenters. The summed E-state index contributed by atoms with van der Waals surface area (Å²) in [5, 5.41) is 2.91. The van der Waals surface area contributed by atoms with E-state index >= 15 is 0 Å². The maximum atomic E-state index is 12.8. The minimum atomic E-state index is -0.624. The predicted molar refractivity (Wildman–Crippen MR) is 117 cm³/mol. The van der Waals surface area contributed by atoms with E-state index < -0.39 is 5.92 Å². The van der Waals surface area contributed by atoms with Gasteiger partial charge in [-0.15, -0.1) is 0 Å². The lowest BCUT2D eigenvalue weighted by molar-refractivity contribution is -0.132. The van der Waals surface area contributed by atoms with E-state index in [1.54, 1.807) is 4.90 Å². The molecular formula is C25H24N2O3. The smallest absolute Gasteiger partial charge is 0.239 e. The van der Waals surface area contributed by atoms with Gasteiger partial charge in [0.05, 0.1) is 0 Å². The summed E-state index contributed by atoms with van der Waals surface area (Å²) in [4.78, 5) is 27.0. The van der Waals surface area contributed by atoms with Crippen LogP contribution in [0.25, 0.3) is 0 Å². The SMILES string of the molecule is O=C(NCCc1ccccc1)C1CCN(c2ccc(Oc3ccccc3)cc2)C1=O. The van der Waals surface area contributed by atoms with Crippen molar-refractivity contribution >= 4 is 17.5 Å². The Kier molecular flexibility index (Phi) is 6.09. The molecule has 1 aliphatic heterocycles. The molecule has 0 bridgehead atoms. The lowest BCUT2D eigenvalue weighted by Gasteiger charge is -2.17. The largest absolute Gasteiger partial charge is 0.457 e. The zero-order chi connectivity index (χ0) is 20.8. The van der Waals surface area contributed by atoms with E-state index in [0.29, 0.717) is 25.3 Å². The number of nitrogens with zero attached hydrogens (tertiary/aromatic N) is 1. The molecule has 0 radical (unpaired) electrons. The van der Waals surface area contributed by atoms with Crippen LogP contribution in [0.3, 0.4) is 0 Å². The van der Waals surface area contributed by atoms with E-state index in [1.165, 1.54) is 0 Å². The first-order valence-corrected chi connectivity index (χ1v) is 10.2. The number of ether oxygens (including phenoxy) is 1. The van der Waals surface area contributed by atoms with Crippen molar-refractivity contribution in [1.82, 2.24) is 5.32 Å². The Morgan fingerprint density at radius 3 is 2.23 bits per heavy atom. The third-order valence-electron chi connectivity index (χ3n) is 5.21. The first kappa shape index (κ1) is 19.7. The molecule has 152 valence electrons. The lowest BCUT2D eigenvalue weighted by atomic mass is 10.1. The molecular weight excluding hydrogens is 376 g/mol. The van der Waals surface area contributed by atoms with Crippen LogP contribution in [0, 0.1) is 5.92 Å². The molecule has 0 aromatic heterocycles. The number of para-hydroxylation sites is 1. The van der Waals surface area contributed by atoms with Gasteiger partial charge in [-0.1, -0.05) is 48.5 Å². The molecule has 5 heteroatoms. The molecule has 3 aromatic carbocycles. The van der Waals surface area contributed by atoms with Gasteiger partial charge in [-0.2, -0.15) is 0 Å². The second kappa shape index (κ2) is 9.27. The van der Waals surface area contributed by atoms with E-state index in [-0.39, 0.29) is 11.8 Å². The number of hydrogen-bond donors (Lipinski definition) is 1. The monoisotopic (exact) mass is 400 g/mol. The molecule has 30 heavy (non-hydrogen) atoms. The van der Waals surface area contributed by atoms with Gasteiger partial charge in [-0.25, -0.2) is 0 Å². The van der Waals surface area contributed by atoms with Crippen LogP contribution >= 0.6 is 0 Å². The molecule has 1 aliphatic rings. The van der Waals surface area contributed by atoms with Crippen LogP contribution in [-0.4, -0.2) is 24.9 Å². The number of benzene rings is 3. The van der Waals surface area contributed by atoms with Crippen molar-refractivity contribution in [2.45, 2.75) is 12.8 Å². The molecule has 0 saturated carbocycles. The Morgan fingerprint density at radius 2 is 1.53 bits per heavy atom. The normalized spacial score (nSPS) is 15.8. The summed E-state index contributed by atoms with van der Waals surface area (Å²) in [6, 6.07) is 26.9. The number of anilines is 1. The number of carbonyl (C=O) groups is 2. The average Bonchev–Trinajstić information content (AvgIpc) is 3.17. The van der Waals surface area contributed by atoms with Crippen LogP contribution in [-0.2, 0) is 16.0 Å². The first-order valence-electron chi connectivity index (χ1n) is 10.2. The molecule has 1 unspecified atom stereocenters. The summed E-state index contributed by atoms with van der Waals surface area (Å²) in [6.45, 7) is 1.06. The fourth-order valence-corrected chi connectivity index (χ4v) is 3.60. The molecule has 1 heterocycles. The number of carbonyl (C=O) groups excluding carboxylic acids is 2. The fourth-order valence-electron chi connectivity index (χ4n) is 3.60. The zero-order valence-electron chi connectivity index (χ0n) is 16.7. The van der Waals surface area contributed by atoms with Crippen LogP contribution < -0.4 is 15.0 Å². The molecule has 0 spiro atoms. The van der Waals surface area contributed by atoms with Crippen molar-refractivity contribution in [2.75, 3.05) is 18.0 Å². The van der Waals surface area contributed by atoms with Gasteiger partial charge in [0.1, 0.15) is 17.4 Å². The second-order valence-electron chi connectivity index (χ2n) is 7.27. The summed E-state index contributed by atoms with van der Waals surface area (Å²) < 4.78 is 5.80. The number of hydrogen-bond acceptors (Lipinski definition) is 3. The van der Waals surface area contributed by atoms with Crippen LogP contribution in [0.5, 0.6) is 11.5 Å². The number of nitrogens with one attached hydrogen (secondary N) is 1. The van der Waals surface area contributed by atoms with Crippen LogP contribution in [0.4, 0.5) is 5.69 Å². The Morgan fingerprint density at radius 1 is 0.900 bits per heavy atom. The Labute approximate surface area is 176 Å². The van der Waals surface area contributed by atoms with Crippen molar-refractivity contribution in [3.05, 3.63) is 90.5 Å². The van der Waals surface area contributed by atoms with E-state index in [9.17, 15) is 9.59 Å². The third kappa shape index (κ3) is 4.69. The molecule has 1 fully saturated rings. The van der Waals surface area contributed by atoms with Crippen LogP contribution in [0.15, 0.2) is 84.9 Å².